The Morgan fingerprint density at radius 3 is 2.37 bits per heavy atom. The van der Waals surface area contributed by atoms with E-state index in [4.69, 9.17) is 0 Å². The van der Waals surface area contributed by atoms with Gasteiger partial charge in [-0.05, 0) is 25.1 Å². The zero-order chi connectivity index (χ0) is 20.2. The van der Waals surface area contributed by atoms with Crippen LogP contribution >= 0.6 is 0 Å². The van der Waals surface area contributed by atoms with Crippen molar-refractivity contribution in [2.24, 2.45) is 0 Å². The summed E-state index contributed by atoms with van der Waals surface area (Å²) in [5, 5.41) is 11.2. The monoisotopic (exact) mass is 410 g/mol. The van der Waals surface area contributed by atoms with Crippen LogP contribution in [0.3, 0.4) is 0 Å². The minimum atomic E-state index is -4.64. The van der Waals surface area contributed by atoms with Gasteiger partial charge in [0.25, 0.3) is 5.69 Å². The van der Waals surface area contributed by atoms with Crippen LogP contribution in [0.2, 0.25) is 0 Å². The molecule has 27 heavy (non-hydrogen) atoms. The highest BCUT2D eigenvalue weighted by molar-refractivity contribution is 7.88. The summed E-state index contributed by atoms with van der Waals surface area (Å²) in [6.45, 7) is 3.01. The summed E-state index contributed by atoms with van der Waals surface area (Å²) in [6, 6.07) is 2.57. The van der Waals surface area contributed by atoms with E-state index in [0.29, 0.717) is 51.8 Å². The van der Waals surface area contributed by atoms with E-state index < -0.39 is 32.4 Å². The molecule has 0 atom stereocenters. The van der Waals surface area contributed by atoms with Crippen molar-refractivity contribution < 1.29 is 26.5 Å². The predicted molar refractivity (Wildman–Crippen MR) is 94.2 cm³/mol. The van der Waals surface area contributed by atoms with Crippen LogP contribution < -0.4 is 9.62 Å². The highest BCUT2D eigenvalue weighted by Crippen LogP contribution is 2.36. The molecule has 0 radical (unpaired) electrons. The van der Waals surface area contributed by atoms with Crippen LogP contribution in [0.15, 0.2) is 18.2 Å². The fourth-order valence-corrected chi connectivity index (χ4v) is 3.40. The van der Waals surface area contributed by atoms with Crippen LogP contribution in [-0.2, 0) is 16.2 Å². The number of rotatable bonds is 7. The number of benzene rings is 1. The smallest absolute Gasteiger partial charge is 0.363 e. The van der Waals surface area contributed by atoms with Crippen molar-refractivity contribution >= 4 is 21.4 Å². The highest BCUT2D eigenvalue weighted by atomic mass is 32.2. The van der Waals surface area contributed by atoms with Gasteiger partial charge < -0.3 is 4.90 Å². The minimum absolute atomic E-state index is 0.173. The third-order valence-electron chi connectivity index (χ3n) is 4.23. The second kappa shape index (κ2) is 8.40. The van der Waals surface area contributed by atoms with Crippen molar-refractivity contribution in [3.63, 3.8) is 0 Å². The molecule has 152 valence electrons. The van der Waals surface area contributed by atoms with Crippen molar-refractivity contribution in [3.8, 4) is 0 Å². The van der Waals surface area contributed by atoms with E-state index in [9.17, 15) is 31.7 Å². The number of halogens is 3. The highest BCUT2D eigenvalue weighted by Gasteiger charge is 2.34. The summed E-state index contributed by atoms with van der Waals surface area (Å²) in [6.07, 6.45) is -2.93. The van der Waals surface area contributed by atoms with E-state index in [1.807, 2.05) is 0 Å². The van der Waals surface area contributed by atoms with Gasteiger partial charge in [-0.2, -0.15) is 13.2 Å². The molecule has 1 aliphatic heterocycles. The van der Waals surface area contributed by atoms with E-state index in [1.54, 1.807) is 4.90 Å². The first-order valence-electron chi connectivity index (χ1n) is 8.25. The number of nitro groups is 1. The average molecular weight is 410 g/mol. The first kappa shape index (κ1) is 21.4. The molecule has 1 N–H and O–H groups in total. The average Bonchev–Trinajstić information content (AvgIpc) is 2.57. The summed E-state index contributed by atoms with van der Waals surface area (Å²) >= 11 is 0. The van der Waals surface area contributed by atoms with Gasteiger partial charge >= 0.3 is 6.18 Å². The molecule has 0 aliphatic carbocycles. The Balaban J connectivity index is 1.96. The number of hydrogen-bond acceptors (Lipinski definition) is 6. The number of sulfonamides is 1. The van der Waals surface area contributed by atoms with Gasteiger partial charge in [-0.25, -0.2) is 13.1 Å². The molecule has 1 heterocycles. The van der Waals surface area contributed by atoms with Gasteiger partial charge in [-0.15, -0.1) is 0 Å². The Morgan fingerprint density at radius 1 is 1.22 bits per heavy atom. The molecular formula is C15H21F3N4O4S. The Bertz CT molecular complexity index is 778. The molecule has 0 bridgehead atoms. The second-order valence-electron chi connectivity index (χ2n) is 6.31. The van der Waals surface area contributed by atoms with E-state index in [2.05, 4.69) is 9.62 Å². The Hall–Kier alpha value is -1.92. The lowest BCUT2D eigenvalue weighted by molar-refractivity contribution is -0.384. The Morgan fingerprint density at radius 2 is 1.85 bits per heavy atom. The third kappa shape index (κ3) is 6.33. The standard InChI is InChI=1S/C15H21F3N4O4S/c1-27(25,26)19-5-2-6-20-7-9-21(10-8-20)13-4-3-12(15(16,17)18)11-14(13)22(23)24/h3-4,11,19H,2,5-10H2,1H3. The molecule has 1 saturated heterocycles. The molecule has 1 aliphatic rings. The van der Waals surface area contributed by atoms with Crippen LogP contribution in [0.5, 0.6) is 0 Å². The molecule has 0 unspecified atom stereocenters. The predicted octanol–water partition coefficient (Wildman–Crippen LogP) is 1.67. The van der Waals surface area contributed by atoms with Gasteiger partial charge in [-0.3, -0.25) is 15.0 Å². The number of nitrogens with one attached hydrogen (secondary N) is 1. The van der Waals surface area contributed by atoms with Crippen molar-refractivity contribution in [2.45, 2.75) is 12.6 Å². The molecule has 0 aromatic heterocycles. The van der Waals surface area contributed by atoms with Gasteiger partial charge in [0.1, 0.15) is 5.69 Å². The molecule has 2 rings (SSSR count). The number of hydrogen-bond donors (Lipinski definition) is 1. The molecule has 1 aromatic carbocycles. The van der Waals surface area contributed by atoms with Crippen molar-refractivity contribution in [2.75, 3.05) is 50.4 Å². The molecule has 8 nitrogen and oxygen atoms in total. The first-order valence-corrected chi connectivity index (χ1v) is 10.1. The quantitative estimate of drug-likeness (QED) is 0.417. The normalized spacial score (nSPS) is 16.5. The lowest BCUT2D eigenvalue weighted by Crippen LogP contribution is -2.47. The summed E-state index contributed by atoms with van der Waals surface area (Å²) in [5.74, 6) is 0. The number of nitro benzene ring substituents is 1. The zero-order valence-electron chi connectivity index (χ0n) is 14.7. The molecule has 1 aromatic rings. The van der Waals surface area contributed by atoms with Crippen molar-refractivity contribution in [1.29, 1.82) is 0 Å². The molecular weight excluding hydrogens is 389 g/mol. The fraction of sp³-hybridized carbons (Fsp3) is 0.600. The molecule has 1 fully saturated rings. The van der Waals surface area contributed by atoms with Crippen molar-refractivity contribution in [1.82, 2.24) is 9.62 Å². The maximum absolute atomic E-state index is 12.8. The number of piperazine rings is 1. The van der Waals surface area contributed by atoms with Crippen LogP contribution in [0.1, 0.15) is 12.0 Å². The largest absolute Gasteiger partial charge is 0.416 e. The zero-order valence-corrected chi connectivity index (χ0v) is 15.5. The second-order valence-corrected chi connectivity index (χ2v) is 8.14. The maximum Gasteiger partial charge on any atom is 0.416 e. The number of alkyl halides is 3. The molecule has 0 amide bonds. The fourth-order valence-electron chi connectivity index (χ4n) is 2.89. The summed E-state index contributed by atoms with van der Waals surface area (Å²) in [7, 11) is -3.22. The lowest BCUT2D eigenvalue weighted by atomic mass is 10.1. The Labute approximate surface area is 155 Å². The van der Waals surface area contributed by atoms with Crippen molar-refractivity contribution in [3.05, 3.63) is 33.9 Å². The van der Waals surface area contributed by atoms with Gasteiger partial charge in [-0.1, -0.05) is 0 Å². The van der Waals surface area contributed by atoms with Gasteiger partial charge in [0.15, 0.2) is 0 Å². The van der Waals surface area contributed by atoms with Gasteiger partial charge in [0.05, 0.1) is 16.7 Å². The topological polar surface area (TPSA) is 95.8 Å². The number of anilines is 1. The summed E-state index contributed by atoms with van der Waals surface area (Å²) in [4.78, 5) is 14.2. The minimum Gasteiger partial charge on any atom is -0.363 e. The SMILES string of the molecule is CS(=O)(=O)NCCCN1CCN(c2ccc(C(F)(F)F)cc2[N+](=O)[O-])CC1. The van der Waals surface area contributed by atoms with Crippen LogP contribution in [-0.4, -0.2) is 63.8 Å². The summed E-state index contributed by atoms with van der Waals surface area (Å²) < 4.78 is 62.8. The van der Waals surface area contributed by atoms with E-state index in [1.165, 1.54) is 0 Å². The first-order chi connectivity index (χ1) is 12.5. The van der Waals surface area contributed by atoms with Crippen LogP contribution in [0.4, 0.5) is 24.5 Å². The van der Waals surface area contributed by atoms with Crippen LogP contribution in [0.25, 0.3) is 0 Å². The van der Waals surface area contributed by atoms with E-state index in [-0.39, 0.29) is 5.69 Å². The van der Waals surface area contributed by atoms with Gasteiger partial charge in [0.2, 0.25) is 10.0 Å². The Kier molecular flexibility index (Phi) is 6.65. The van der Waals surface area contributed by atoms with Gasteiger partial charge in [0, 0.05) is 38.8 Å². The molecule has 0 spiro atoms. The molecule has 12 heteroatoms. The lowest BCUT2D eigenvalue weighted by Gasteiger charge is -2.35. The third-order valence-corrected chi connectivity index (χ3v) is 4.96. The number of nitrogens with zero attached hydrogens (tertiary/aromatic N) is 3. The van der Waals surface area contributed by atoms with Crippen LogP contribution in [0, 0.1) is 10.1 Å². The molecule has 0 saturated carbocycles. The van der Waals surface area contributed by atoms with E-state index >= 15 is 0 Å². The summed E-state index contributed by atoms with van der Waals surface area (Å²) in [5.41, 5.74) is -1.43. The maximum atomic E-state index is 12.8. The van der Waals surface area contributed by atoms with E-state index in [0.717, 1.165) is 18.4 Å².